The Bertz CT molecular complexity index is 1380. The van der Waals surface area contributed by atoms with Gasteiger partial charge in [-0.3, -0.25) is 0 Å². The number of nitrogens with one attached hydrogen (secondary N) is 2. The standard InChI is InChI=1S/C34H45N5O3/c1-23(22-40)9-4-2-3-5-12-29-27(15-14-26-17-24-10-6-7-11-25(24)18-30(26)29)19-31(39-32-13-8-16-37-32)28(20-33(41)42)21-38-34(35)36/h6-8,10-11,13,16-18,20,22-23,27,29,31,37,39H,2-5,9,12,14-15,19,21H2,1H3,(H,41,42)(H4,35,36,38)/b28-20+/t23-,27-,29+,31+/m0/s1. The first kappa shape index (κ1) is 30.9. The fourth-order valence-corrected chi connectivity index (χ4v) is 6.40. The van der Waals surface area contributed by atoms with Crippen molar-refractivity contribution < 1.29 is 14.7 Å². The molecular formula is C34H45N5O3. The molecule has 8 nitrogen and oxygen atoms in total. The van der Waals surface area contributed by atoms with E-state index in [4.69, 9.17) is 11.5 Å². The number of aromatic amines is 1. The van der Waals surface area contributed by atoms with Gasteiger partial charge >= 0.3 is 5.97 Å². The van der Waals surface area contributed by atoms with Gasteiger partial charge < -0.3 is 31.7 Å². The van der Waals surface area contributed by atoms with Crippen LogP contribution in [0.4, 0.5) is 5.82 Å². The zero-order chi connectivity index (χ0) is 29.9. The monoisotopic (exact) mass is 571 g/mol. The van der Waals surface area contributed by atoms with Crippen molar-refractivity contribution in [3.05, 3.63) is 77.5 Å². The number of nitrogens with zero attached hydrogens (tertiary/aromatic N) is 1. The Morgan fingerprint density at radius 3 is 2.57 bits per heavy atom. The van der Waals surface area contributed by atoms with E-state index in [-0.39, 0.29) is 24.5 Å². The van der Waals surface area contributed by atoms with Crippen molar-refractivity contribution >= 4 is 34.8 Å². The molecule has 4 atom stereocenters. The smallest absolute Gasteiger partial charge is 0.328 e. The van der Waals surface area contributed by atoms with E-state index in [1.807, 2.05) is 25.3 Å². The number of fused-ring (bicyclic) bond motifs is 2. The van der Waals surface area contributed by atoms with Crippen molar-refractivity contribution in [2.45, 2.75) is 76.7 Å². The Morgan fingerprint density at radius 1 is 1.12 bits per heavy atom. The van der Waals surface area contributed by atoms with E-state index in [1.165, 1.54) is 28.0 Å². The molecule has 3 aromatic rings. The number of carboxylic acid groups (broad SMARTS) is 1. The molecule has 0 radical (unpaired) electrons. The molecule has 4 rings (SSSR count). The summed E-state index contributed by atoms with van der Waals surface area (Å²) in [5.74, 6) is 0.569. The van der Waals surface area contributed by atoms with Gasteiger partial charge in [-0.25, -0.2) is 9.79 Å². The number of carbonyl (C=O) groups is 2. The highest BCUT2D eigenvalue weighted by Gasteiger charge is 2.32. The van der Waals surface area contributed by atoms with Crippen LogP contribution in [0.15, 0.2) is 71.4 Å². The van der Waals surface area contributed by atoms with Gasteiger partial charge in [0.15, 0.2) is 5.96 Å². The van der Waals surface area contributed by atoms with E-state index in [0.717, 1.165) is 69.9 Å². The van der Waals surface area contributed by atoms with Crippen LogP contribution in [0.5, 0.6) is 0 Å². The van der Waals surface area contributed by atoms with Crippen LogP contribution in [-0.2, 0) is 16.0 Å². The van der Waals surface area contributed by atoms with Crippen molar-refractivity contribution in [3.63, 3.8) is 0 Å². The lowest BCUT2D eigenvalue weighted by Gasteiger charge is -2.37. The van der Waals surface area contributed by atoms with E-state index < -0.39 is 5.97 Å². The molecular weight excluding hydrogens is 526 g/mol. The number of carboxylic acids is 1. The minimum atomic E-state index is -1.02. The second-order valence-corrected chi connectivity index (χ2v) is 11.7. The van der Waals surface area contributed by atoms with Crippen LogP contribution in [0.1, 0.15) is 75.3 Å². The van der Waals surface area contributed by atoms with Crippen molar-refractivity contribution in [2.75, 3.05) is 11.9 Å². The molecule has 0 amide bonds. The maximum atomic E-state index is 11.9. The van der Waals surface area contributed by atoms with Crippen molar-refractivity contribution in [2.24, 2.45) is 28.3 Å². The Labute approximate surface area is 248 Å². The summed E-state index contributed by atoms with van der Waals surface area (Å²) in [5, 5.41) is 15.8. The Kier molecular flexibility index (Phi) is 11.2. The SMILES string of the molecule is C[C@H](C=O)CCCCCC[C@H]1c2cc3ccccc3cc2CC[C@H]1C[C@@H](Nc1ccc[nH]1)/C(=C/C(=O)O)CN=C(N)N. The summed E-state index contributed by atoms with van der Waals surface area (Å²) in [5.41, 5.74) is 14.8. The molecule has 0 unspecified atom stereocenters. The lowest BCUT2D eigenvalue weighted by Crippen LogP contribution is -2.32. The Morgan fingerprint density at radius 2 is 1.88 bits per heavy atom. The van der Waals surface area contributed by atoms with Gasteiger partial charge in [0.1, 0.15) is 12.1 Å². The number of aromatic nitrogens is 1. The number of guanidine groups is 1. The maximum Gasteiger partial charge on any atom is 0.328 e. The van der Waals surface area contributed by atoms with Crippen LogP contribution >= 0.6 is 0 Å². The number of hydrogen-bond acceptors (Lipinski definition) is 4. The van der Waals surface area contributed by atoms with Gasteiger partial charge in [-0.1, -0.05) is 69.0 Å². The normalized spacial score (nSPS) is 18.2. The average Bonchev–Trinajstić information content (AvgIpc) is 3.49. The number of unbranched alkanes of at least 4 members (excludes halogenated alkanes) is 3. The number of anilines is 1. The number of aliphatic imine (C=N–C) groups is 1. The lowest BCUT2D eigenvalue weighted by atomic mass is 9.69. The molecule has 0 aliphatic heterocycles. The number of aliphatic carboxylic acids is 1. The Hall–Kier alpha value is -4.07. The van der Waals surface area contributed by atoms with Crippen LogP contribution in [0.3, 0.4) is 0 Å². The molecule has 1 aromatic heterocycles. The summed E-state index contributed by atoms with van der Waals surface area (Å²) in [6.45, 7) is 2.10. The zero-order valence-corrected chi connectivity index (χ0v) is 24.6. The highest BCUT2D eigenvalue weighted by Crippen LogP contribution is 2.44. The Balaban J connectivity index is 1.61. The molecule has 8 heteroatoms. The van der Waals surface area contributed by atoms with Gasteiger partial charge in [0.2, 0.25) is 0 Å². The first-order valence-corrected chi connectivity index (χ1v) is 15.2. The topological polar surface area (TPSA) is 147 Å². The van der Waals surface area contributed by atoms with Crippen LogP contribution in [0, 0.1) is 11.8 Å². The quantitative estimate of drug-likeness (QED) is 0.0458. The molecule has 224 valence electrons. The number of aldehydes is 1. The number of hydrogen-bond donors (Lipinski definition) is 5. The predicted molar refractivity (Wildman–Crippen MR) is 171 cm³/mol. The van der Waals surface area contributed by atoms with Crippen LogP contribution in [0.25, 0.3) is 10.8 Å². The van der Waals surface area contributed by atoms with Crippen molar-refractivity contribution in [1.82, 2.24) is 4.98 Å². The fraction of sp³-hybridized carbons (Fsp3) is 0.441. The molecule has 0 spiro atoms. The van der Waals surface area contributed by atoms with Crippen molar-refractivity contribution in [1.29, 1.82) is 0 Å². The van der Waals surface area contributed by atoms with Gasteiger partial charge in [0.25, 0.3) is 0 Å². The summed E-state index contributed by atoms with van der Waals surface area (Å²) in [4.78, 5) is 30.2. The number of H-pyrrole nitrogens is 1. The molecule has 1 aliphatic carbocycles. The molecule has 2 aromatic carbocycles. The molecule has 7 N–H and O–H groups in total. The highest BCUT2D eigenvalue weighted by atomic mass is 16.4. The molecule has 0 bridgehead atoms. The third-order valence-electron chi connectivity index (χ3n) is 8.58. The number of rotatable bonds is 16. The van der Waals surface area contributed by atoms with Crippen molar-refractivity contribution in [3.8, 4) is 0 Å². The van der Waals surface area contributed by atoms with E-state index in [9.17, 15) is 14.7 Å². The number of aryl methyl sites for hydroxylation is 1. The van der Waals surface area contributed by atoms with Gasteiger partial charge in [-0.15, -0.1) is 0 Å². The summed E-state index contributed by atoms with van der Waals surface area (Å²) >= 11 is 0. The minimum Gasteiger partial charge on any atom is -0.478 e. The van der Waals surface area contributed by atoms with Gasteiger partial charge in [-0.05, 0) is 83.5 Å². The zero-order valence-electron chi connectivity index (χ0n) is 24.6. The van der Waals surface area contributed by atoms with Gasteiger partial charge in [0, 0.05) is 18.2 Å². The molecule has 0 saturated heterocycles. The number of benzene rings is 2. The summed E-state index contributed by atoms with van der Waals surface area (Å²) < 4.78 is 0. The molecule has 0 saturated carbocycles. The highest BCUT2D eigenvalue weighted by molar-refractivity contribution is 5.84. The van der Waals surface area contributed by atoms with Crippen LogP contribution < -0.4 is 16.8 Å². The third kappa shape index (κ3) is 8.71. The number of nitrogens with two attached hydrogens (primary N) is 2. The average molecular weight is 572 g/mol. The first-order valence-electron chi connectivity index (χ1n) is 15.2. The molecule has 1 aliphatic rings. The number of carbonyl (C=O) groups excluding carboxylic acids is 1. The van der Waals surface area contributed by atoms with Gasteiger partial charge in [-0.2, -0.15) is 0 Å². The van der Waals surface area contributed by atoms with E-state index >= 15 is 0 Å². The molecule has 1 heterocycles. The van der Waals surface area contributed by atoms with Crippen LogP contribution in [-0.4, -0.2) is 40.9 Å². The largest absolute Gasteiger partial charge is 0.478 e. The van der Waals surface area contributed by atoms with Gasteiger partial charge in [0.05, 0.1) is 12.6 Å². The first-order chi connectivity index (χ1) is 20.3. The summed E-state index contributed by atoms with van der Waals surface area (Å²) in [6, 6.07) is 16.9. The third-order valence-corrected chi connectivity index (χ3v) is 8.58. The minimum absolute atomic E-state index is 0.0659. The predicted octanol–water partition coefficient (Wildman–Crippen LogP) is 6.14. The van der Waals surface area contributed by atoms with E-state index in [1.54, 1.807) is 0 Å². The fourth-order valence-electron chi connectivity index (χ4n) is 6.40. The molecule has 42 heavy (non-hydrogen) atoms. The van der Waals surface area contributed by atoms with E-state index in [2.05, 4.69) is 51.7 Å². The van der Waals surface area contributed by atoms with Crippen LogP contribution in [0.2, 0.25) is 0 Å². The second kappa shape index (κ2) is 15.2. The summed E-state index contributed by atoms with van der Waals surface area (Å²) in [7, 11) is 0. The molecule has 0 fully saturated rings. The van der Waals surface area contributed by atoms with E-state index in [0.29, 0.717) is 17.4 Å². The maximum absolute atomic E-state index is 11.9. The second-order valence-electron chi connectivity index (χ2n) is 11.7. The lowest BCUT2D eigenvalue weighted by molar-refractivity contribution is -0.131. The summed E-state index contributed by atoms with van der Waals surface area (Å²) in [6.07, 6.45) is 13.4.